The molecule has 0 radical (unpaired) electrons. The second-order valence-electron chi connectivity index (χ2n) is 6.23. The maximum absolute atomic E-state index is 12.3. The first kappa shape index (κ1) is 19.4. The number of carbonyl (C=O) groups excluding carboxylic acids is 2. The molecule has 1 fully saturated rings. The van der Waals surface area contributed by atoms with E-state index in [0.29, 0.717) is 36.5 Å². The molecule has 0 unspecified atom stereocenters. The molecule has 10 heteroatoms. The molecule has 1 aliphatic heterocycles. The number of H-pyrrole nitrogens is 1. The fourth-order valence-electron chi connectivity index (χ4n) is 2.65. The number of amides is 2. The Morgan fingerprint density at radius 2 is 2.00 bits per heavy atom. The van der Waals surface area contributed by atoms with Crippen LogP contribution < -0.4 is 0 Å². The van der Waals surface area contributed by atoms with Crippen LogP contribution in [0.4, 0.5) is 4.79 Å². The number of rotatable bonds is 4. The summed E-state index contributed by atoms with van der Waals surface area (Å²) in [7, 11) is 0. The minimum atomic E-state index is -0.304. The van der Waals surface area contributed by atoms with Crippen LogP contribution in [0.2, 0.25) is 10.0 Å². The van der Waals surface area contributed by atoms with Gasteiger partial charge in [0.15, 0.2) is 10.2 Å². The number of fused-ring (bicyclic) bond motifs is 1. The first-order chi connectivity index (χ1) is 13.3. The fraction of sp³-hybridized carbons (Fsp3) is 0.167. The van der Waals surface area contributed by atoms with Crippen LogP contribution in [-0.2, 0) is 4.79 Å². The van der Waals surface area contributed by atoms with E-state index >= 15 is 0 Å². The maximum Gasteiger partial charge on any atom is 0.293 e. The van der Waals surface area contributed by atoms with Gasteiger partial charge in [0.05, 0.1) is 26.0 Å². The number of aromatic nitrogens is 2. The van der Waals surface area contributed by atoms with Crippen LogP contribution in [0.5, 0.6) is 0 Å². The van der Waals surface area contributed by atoms with E-state index < -0.39 is 0 Å². The van der Waals surface area contributed by atoms with E-state index in [0.717, 1.165) is 17.3 Å². The molecule has 0 spiro atoms. The summed E-state index contributed by atoms with van der Waals surface area (Å²) in [5, 5.41) is 1.82. The highest BCUT2D eigenvalue weighted by molar-refractivity contribution is 8.18. The van der Waals surface area contributed by atoms with Crippen molar-refractivity contribution in [3.8, 4) is 0 Å². The zero-order valence-corrected chi connectivity index (χ0v) is 17.8. The Balaban J connectivity index is 1.54. The van der Waals surface area contributed by atoms with Crippen LogP contribution in [0.25, 0.3) is 17.1 Å². The molecule has 28 heavy (non-hydrogen) atoms. The van der Waals surface area contributed by atoms with Crippen LogP contribution in [-0.4, -0.2) is 32.1 Å². The first-order valence-electron chi connectivity index (χ1n) is 8.21. The monoisotopic (exact) mass is 453 g/mol. The zero-order valence-electron chi connectivity index (χ0n) is 14.7. The van der Waals surface area contributed by atoms with Crippen molar-refractivity contribution < 1.29 is 14.0 Å². The molecule has 6 nitrogen and oxygen atoms in total. The number of aromatic amines is 1. The molecule has 1 aromatic carbocycles. The van der Waals surface area contributed by atoms with Crippen molar-refractivity contribution in [1.82, 2.24) is 14.9 Å². The smallest absolute Gasteiger partial charge is 0.293 e. The molecule has 3 aromatic rings. The second-order valence-corrected chi connectivity index (χ2v) is 9.03. The summed E-state index contributed by atoms with van der Waals surface area (Å²) in [6.45, 7) is 3.60. The SMILES string of the molecule is CC(C)N1C(=O)S/C(=C\c2ccc(Sc3nc4cc(Cl)c(Cl)cc4[nH]3)o2)C1=O. The quantitative estimate of drug-likeness (QED) is 0.483. The highest BCUT2D eigenvalue weighted by Gasteiger charge is 2.36. The maximum atomic E-state index is 12.3. The predicted octanol–water partition coefficient (Wildman–Crippen LogP) is 6.06. The average molecular weight is 454 g/mol. The Morgan fingerprint density at radius 3 is 2.71 bits per heavy atom. The van der Waals surface area contributed by atoms with Crippen LogP contribution >= 0.6 is 46.7 Å². The number of hydrogen-bond donors (Lipinski definition) is 1. The molecule has 0 aliphatic carbocycles. The largest absolute Gasteiger partial charge is 0.450 e. The van der Waals surface area contributed by atoms with E-state index in [-0.39, 0.29) is 17.2 Å². The number of carbonyl (C=O) groups is 2. The van der Waals surface area contributed by atoms with E-state index in [4.69, 9.17) is 27.6 Å². The molecule has 1 N–H and O–H groups in total. The summed E-state index contributed by atoms with van der Waals surface area (Å²) in [6, 6.07) is 6.74. The van der Waals surface area contributed by atoms with Gasteiger partial charge in [-0.15, -0.1) is 0 Å². The van der Waals surface area contributed by atoms with Crippen molar-refractivity contribution in [2.75, 3.05) is 0 Å². The molecular weight excluding hydrogens is 441 g/mol. The third-order valence-corrected chi connectivity index (χ3v) is 6.33. The lowest BCUT2D eigenvalue weighted by Gasteiger charge is -2.16. The van der Waals surface area contributed by atoms with Gasteiger partial charge in [-0.05, 0) is 61.6 Å². The van der Waals surface area contributed by atoms with Crippen molar-refractivity contribution in [2.45, 2.75) is 30.1 Å². The molecule has 2 amide bonds. The molecule has 144 valence electrons. The normalized spacial score (nSPS) is 16.3. The summed E-state index contributed by atoms with van der Waals surface area (Å²) >= 11 is 14.2. The van der Waals surface area contributed by atoms with Gasteiger partial charge < -0.3 is 9.40 Å². The fourth-order valence-corrected chi connectivity index (χ4v) is 4.68. The number of hydrogen-bond acceptors (Lipinski definition) is 6. The highest BCUT2D eigenvalue weighted by Crippen LogP contribution is 2.35. The summed E-state index contributed by atoms with van der Waals surface area (Å²) in [5.74, 6) is 0.181. The van der Waals surface area contributed by atoms with Crippen molar-refractivity contribution in [1.29, 1.82) is 0 Å². The number of nitrogens with zero attached hydrogens (tertiary/aromatic N) is 2. The van der Waals surface area contributed by atoms with Gasteiger partial charge in [-0.3, -0.25) is 14.5 Å². The summed E-state index contributed by atoms with van der Waals surface area (Å²) < 4.78 is 5.75. The lowest BCUT2D eigenvalue weighted by molar-refractivity contribution is -0.123. The lowest BCUT2D eigenvalue weighted by Crippen LogP contribution is -2.34. The Morgan fingerprint density at radius 1 is 1.25 bits per heavy atom. The molecule has 0 saturated carbocycles. The third kappa shape index (κ3) is 3.69. The molecule has 3 heterocycles. The van der Waals surface area contributed by atoms with Crippen molar-refractivity contribution >= 4 is 75.0 Å². The van der Waals surface area contributed by atoms with Gasteiger partial charge in [-0.1, -0.05) is 23.2 Å². The van der Waals surface area contributed by atoms with Crippen LogP contribution in [0, 0.1) is 0 Å². The van der Waals surface area contributed by atoms with Gasteiger partial charge in [-0.2, -0.15) is 0 Å². The molecular formula is C18H13Cl2N3O3S2. The molecule has 0 bridgehead atoms. The van der Waals surface area contributed by atoms with E-state index in [1.807, 2.05) is 0 Å². The Hall–Kier alpha value is -1.87. The van der Waals surface area contributed by atoms with Gasteiger partial charge in [0.2, 0.25) is 0 Å². The minimum absolute atomic E-state index is 0.184. The third-order valence-electron chi connectivity index (χ3n) is 3.91. The van der Waals surface area contributed by atoms with Gasteiger partial charge in [0, 0.05) is 12.1 Å². The van der Waals surface area contributed by atoms with Crippen molar-refractivity contribution in [3.05, 3.63) is 45.0 Å². The Bertz CT molecular complexity index is 1100. The molecule has 4 rings (SSSR count). The number of halogens is 2. The van der Waals surface area contributed by atoms with Gasteiger partial charge in [0.1, 0.15) is 5.76 Å². The number of furan rings is 1. The van der Waals surface area contributed by atoms with Crippen LogP contribution in [0.15, 0.2) is 43.8 Å². The van der Waals surface area contributed by atoms with Crippen molar-refractivity contribution in [3.63, 3.8) is 0 Å². The van der Waals surface area contributed by atoms with Gasteiger partial charge >= 0.3 is 0 Å². The second kappa shape index (κ2) is 7.51. The van der Waals surface area contributed by atoms with Gasteiger partial charge in [0.25, 0.3) is 11.1 Å². The van der Waals surface area contributed by atoms with E-state index in [1.54, 1.807) is 44.2 Å². The molecule has 1 saturated heterocycles. The standard InChI is InChI=1S/C18H13Cl2N3O3S2/c1-8(2)23-16(24)14(27-18(23)25)5-9-3-4-15(26-9)28-17-21-12-6-10(19)11(20)7-13(12)22-17/h3-8H,1-2H3,(H,21,22)/b14-5-. The topological polar surface area (TPSA) is 79.2 Å². The van der Waals surface area contributed by atoms with Crippen LogP contribution in [0.1, 0.15) is 19.6 Å². The molecule has 2 aromatic heterocycles. The Kier molecular flexibility index (Phi) is 5.22. The number of benzene rings is 1. The Labute approximate surface area is 178 Å². The summed E-state index contributed by atoms with van der Waals surface area (Å²) in [5.41, 5.74) is 1.47. The van der Waals surface area contributed by atoms with Crippen LogP contribution in [0.3, 0.4) is 0 Å². The number of thioether (sulfide) groups is 1. The highest BCUT2D eigenvalue weighted by atomic mass is 35.5. The van der Waals surface area contributed by atoms with E-state index in [9.17, 15) is 9.59 Å². The number of nitrogens with one attached hydrogen (secondary N) is 1. The van der Waals surface area contributed by atoms with Gasteiger partial charge in [-0.25, -0.2) is 4.98 Å². The van der Waals surface area contributed by atoms with E-state index in [1.165, 1.54) is 16.7 Å². The number of imide groups is 1. The lowest BCUT2D eigenvalue weighted by atomic mass is 10.3. The molecule has 0 atom stereocenters. The van der Waals surface area contributed by atoms with Crippen molar-refractivity contribution in [2.24, 2.45) is 0 Å². The van der Waals surface area contributed by atoms with E-state index in [2.05, 4.69) is 9.97 Å². The average Bonchev–Trinajstić information content (AvgIpc) is 3.27. The predicted molar refractivity (Wildman–Crippen MR) is 112 cm³/mol. The minimum Gasteiger partial charge on any atom is -0.450 e. The molecule has 1 aliphatic rings. The summed E-state index contributed by atoms with van der Waals surface area (Å²) in [6.07, 6.45) is 1.58. The zero-order chi connectivity index (χ0) is 20.0. The summed E-state index contributed by atoms with van der Waals surface area (Å²) in [4.78, 5) is 33.5. The number of imidazole rings is 1. The first-order valence-corrected chi connectivity index (χ1v) is 10.6.